The highest BCUT2D eigenvalue weighted by atomic mass is 32.2. The van der Waals surface area contributed by atoms with E-state index in [4.69, 9.17) is 0 Å². The molecular weight excluding hydrogens is 315 g/mol. The molecule has 23 heavy (non-hydrogen) atoms. The first-order valence-corrected chi connectivity index (χ1v) is 8.94. The van der Waals surface area contributed by atoms with Crippen LogP contribution in [-0.2, 0) is 9.59 Å². The SMILES string of the molecule is CC(C)CCC(C)NC(=O)CSCC(=O)Nc1ccc(F)cc1. The number of carbonyl (C=O) groups is 2. The molecule has 0 aliphatic heterocycles. The summed E-state index contributed by atoms with van der Waals surface area (Å²) in [6.07, 6.45) is 2.04. The lowest BCUT2D eigenvalue weighted by atomic mass is 10.0. The molecule has 0 aliphatic rings. The second-order valence-corrected chi connectivity index (χ2v) is 6.97. The molecule has 0 heterocycles. The fraction of sp³-hybridized carbons (Fsp3) is 0.529. The summed E-state index contributed by atoms with van der Waals surface area (Å²) in [6.45, 7) is 6.31. The van der Waals surface area contributed by atoms with Crippen LogP contribution in [0.3, 0.4) is 0 Å². The van der Waals surface area contributed by atoms with E-state index in [1.165, 1.54) is 36.0 Å². The minimum atomic E-state index is -0.347. The Balaban J connectivity index is 2.18. The molecule has 1 atom stereocenters. The van der Waals surface area contributed by atoms with Gasteiger partial charge in [0.15, 0.2) is 0 Å². The molecule has 128 valence electrons. The highest BCUT2D eigenvalue weighted by molar-refractivity contribution is 8.00. The van der Waals surface area contributed by atoms with Crippen molar-refractivity contribution in [2.24, 2.45) is 5.92 Å². The third-order valence-corrected chi connectivity index (χ3v) is 4.11. The average Bonchev–Trinajstić information content (AvgIpc) is 2.47. The first-order chi connectivity index (χ1) is 10.9. The van der Waals surface area contributed by atoms with Gasteiger partial charge in [-0.2, -0.15) is 0 Å². The summed E-state index contributed by atoms with van der Waals surface area (Å²) in [7, 11) is 0. The summed E-state index contributed by atoms with van der Waals surface area (Å²) in [5, 5.41) is 5.59. The topological polar surface area (TPSA) is 58.2 Å². The Morgan fingerprint density at radius 2 is 1.65 bits per heavy atom. The van der Waals surface area contributed by atoms with Crippen molar-refractivity contribution in [3.8, 4) is 0 Å². The molecule has 2 amide bonds. The standard InChI is InChI=1S/C17H25FN2O2S/c1-12(2)4-5-13(3)19-16(21)10-23-11-17(22)20-15-8-6-14(18)7-9-15/h6-9,12-13H,4-5,10-11H2,1-3H3,(H,19,21)(H,20,22). The summed E-state index contributed by atoms with van der Waals surface area (Å²) in [6, 6.07) is 5.73. The monoisotopic (exact) mass is 340 g/mol. The molecule has 0 radical (unpaired) electrons. The Labute approximate surface area is 141 Å². The zero-order chi connectivity index (χ0) is 17.2. The number of rotatable bonds is 9. The quantitative estimate of drug-likeness (QED) is 0.724. The molecule has 0 saturated carbocycles. The van der Waals surface area contributed by atoms with Gasteiger partial charge in [-0.1, -0.05) is 13.8 Å². The number of carbonyl (C=O) groups excluding carboxylic acids is 2. The van der Waals surface area contributed by atoms with Crippen LogP contribution in [0.2, 0.25) is 0 Å². The van der Waals surface area contributed by atoms with Crippen LogP contribution >= 0.6 is 11.8 Å². The molecule has 1 aromatic carbocycles. The molecule has 0 aliphatic carbocycles. The van der Waals surface area contributed by atoms with E-state index in [0.717, 1.165) is 12.8 Å². The third-order valence-electron chi connectivity index (χ3n) is 3.18. The molecule has 0 spiro atoms. The van der Waals surface area contributed by atoms with Crippen molar-refractivity contribution < 1.29 is 14.0 Å². The van der Waals surface area contributed by atoms with Gasteiger partial charge in [0.25, 0.3) is 0 Å². The molecule has 0 fully saturated rings. The lowest BCUT2D eigenvalue weighted by Gasteiger charge is -2.14. The predicted molar refractivity (Wildman–Crippen MR) is 94.0 cm³/mol. The largest absolute Gasteiger partial charge is 0.353 e. The van der Waals surface area contributed by atoms with Gasteiger partial charge in [0.1, 0.15) is 5.82 Å². The lowest BCUT2D eigenvalue weighted by Crippen LogP contribution is -2.34. The van der Waals surface area contributed by atoms with E-state index in [9.17, 15) is 14.0 Å². The smallest absolute Gasteiger partial charge is 0.234 e. The zero-order valence-corrected chi connectivity index (χ0v) is 14.7. The molecule has 1 rings (SSSR count). The summed E-state index contributed by atoms with van der Waals surface area (Å²) in [5.41, 5.74) is 0.545. The Morgan fingerprint density at radius 3 is 2.26 bits per heavy atom. The van der Waals surface area contributed by atoms with Gasteiger partial charge in [-0.3, -0.25) is 9.59 Å². The lowest BCUT2D eigenvalue weighted by molar-refractivity contribution is -0.119. The van der Waals surface area contributed by atoms with E-state index in [2.05, 4.69) is 24.5 Å². The number of amides is 2. The van der Waals surface area contributed by atoms with E-state index < -0.39 is 0 Å². The van der Waals surface area contributed by atoms with Gasteiger partial charge in [-0.05, 0) is 49.9 Å². The minimum absolute atomic E-state index is 0.0548. The normalized spacial score (nSPS) is 12.0. The molecular formula is C17H25FN2O2S. The van der Waals surface area contributed by atoms with Crippen molar-refractivity contribution >= 4 is 29.3 Å². The number of halogens is 1. The number of hydrogen-bond donors (Lipinski definition) is 2. The van der Waals surface area contributed by atoms with Crippen LogP contribution in [0.25, 0.3) is 0 Å². The second kappa shape index (κ2) is 10.3. The summed E-state index contributed by atoms with van der Waals surface area (Å²) >= 11 is 1.26. The van der Waals surface area contributed by atoms with Crippen molar-refractivity contribution in [1.29, 1.82) is 0 Å². The van der Waals surface area contributed by atoms with E-state index in [-0.39, 0.29) is 35.2 Å². The van der Waals surface area contributed by atoms with Crippen molar-refractivity contribution in [3.63, 3.8) is 0 Å². The van der Waals surface area contributed by atoms with Crippen LogP contribution in [0.1, 0.15) is 33.6 Å². The summed E-state index contributed by atoms with van der Waals surface area (Å²) < 4.78 is 12.8. The summed E-state index contributed by atoms with van der Waals surface area (Å²) in [4.78, 5) is 23.5. The Kier molecular flexibility index (Phi) is 8.69. The van der Waals surface area contributed by atoms with Gasteiger partial charge in [0, 0.05) is 11.7 Å². The molecule has 0 aromatic heterocycles. The fourth-order valence-corrected chi connectivity index (χ4v) is 2.57. The molecule has 0 bridgehead atoms. The van der Waals surface area contributed by atoms with E-state index in [1.54, 1.807) is 0 Å². The van der Waals surface area contributed by atoms with Crippen molar-refractivity contribution in [2.75, 3.05) is 16.8 Å². The molecule has 4 nitrogen and oxygen atoms in total. The predicted octanol–water partition coefficient (Wildman–Crippen LogP) is 3.44. The highest BCUT2D eigenvalue weighted by Crippen LogP contribution is 2.10. The molecule has 2 N–H and O–H groups in total. The van der Waals surface area contributed by atoms with Crippen molar-refractivity contribution in [3.05, 3.63) is 30.1 Å². The van der Waals surface area contributed by atoms with Crippen LogP contribution in [0.15, 0.2) is 24.3 Å². The Morgan fingerprint density at radius 1 is 1.04 bits per heavy atom. The number of benzene rings is 1. The van der Waals surface area contributed by atoms with Crippen LogP contribution in [-0.4, -0.2) is 29.4 Å². The van der Waals surface area contributed by atoms with E-state index in [0.29, 0.717) is 11.6 Å². The third kappa shape index (κ3) is 9.23. The van der Waals surface area contributed by atoms with Crippen LogP contribution in [0.4, 0.5) is 10.1 Å². The summed E-state index contributed by atoms with van der Waals surface area (Å²) in [5.74, 6) is 0.455. The highest BCUT2D eigenvalue weighted by Gasteiger charge is 2.10. The van der Waals surface area contributed by atoms with Gasteiger partial charge >= 0.3 is 0 Å². The number of hydrogen-bond acceptors (Lipinski definition) is 3. The fourth-order valence-electron chi connectivity index (χ4n) is 1.94. The van der Waals surface area contributed by atoms with Gasteiger partial charge in [-0.15, -0.1) is 11.8 Å². The maximum absolute atomic E-state index is 12.8. The van der Waals surface area contributed by atoms with Crippen molar-refractivity contribution in [1.82, 2.24) is 5.32 Å². The maximum Gasteiger partial charge on any atom is 0.234 e. The molecule has 0 saturated heterocycles. The van der Waals surface area contributed by atoms with Gasteiger partial charge in [0.2, 0.25) is 11.8 Å². The Hall–Kier alpha value is -1.56. The zero-order valence-electron chi connectivity index (χ0n) is 13.9. The van der Waals surface area contributed by atoms with Crippen LogP contribution < -0.4 is 10.6 Å². The van der Waals surface area contributed by atoms with Gasteiger partial charge < -0.3 is 10.6 Å². The maximum atomic E-state index is 12.8. The first kappa shape index (κ1) is 19.5. The number of anilines is 1. The molecule has 6 heteroatoms. The van der Waals surface area contributed by atoms with Crippen LogP contribution in [0.5, 0.6) is 0 Å². The molecule has 1 unspecified atom stereocenters. The first-order valence-electron chi connectivity index (χ1n) is 7.79. The second-order valence-electron chi connectivity index (χ2n) is 5.99. The number of thioether (sulfide) groups is 1. The van der Waals surface area contributed by atoms with Gasteiger partial charge in [0.05, 0.1) is 11.5 Å². The average molecular weight is 340 g/mol. The minimum Gasteiger partial charge on any atom is -0.353 e. The van der Waals surface area contributed by atoms with Crippen LogP contribution in [0, 0.1) is 11.7 Å². The van der Waals surface area contributed by atoms with Gasteiger partial charge in [-0.25, -0.2) is 4.39 Å². The van der Waals surface area contributed by atoms with Crippen molar-refractivity contribution in [2.45, 2.75) is 39.7 Å². The Bertz CT molecular complexity index is 506. The van der Waals surface area contributed by atoms with E-state index in [1.807, 2.05) is 6.92 Å². The number of nitrogens with one attached hydrogen (secondary N) is 2. The van der Waals surface area contributed by atoms with E-state index >= 15 is 0 Å². The molecule has 1 aromatic rings.